The van der Waals surface area contributed by atoms with Crippen molar-refractivity contribution in [3.05, 3.63) is 24.3 Å². The van der Waals surface area contributed by atoms with Crippen LogP contribution in [0.2, 0.25) is 0 Å². The molecule has 0 heterocycles. The molecule has 0 saturated carbocycles. The molecule has 1 aromatic rings. The minimum absolute atomic E-state index is 0.0589. The van der Waals surface area contributed by atoms with E-state index in [0.29, 0.717) is 5.69 Å². The summed E-state index contributed by atoms with van der Waals surface area (Å²) in [7, 11) is -2.27. The van der Waals surface area contributed by atoms with Gasteiger partial charge in [0.1, 0.15) is 5.25 Å². The standard InChI is InChI=1S/C10H14N2O3S/c1-7(10(13)12-2)16(14,15)9-5-3-4-8(11)6-9/h3-7H,11H2,1-2H3,(H,12,13). The quantitative estimate of drug-likeness (QED) is 0.740. The molecule has 1 aromatic carbocycles. The van der Waals surface area contributed by atoms with Crippen LogP contribution in [0.1, 0.15) is 6.92 Å². The summed E-state index contributed by atoms with van der Waals surface area (Å²) in [5.41, 5.74) is 5.85. The molecule has 0 bridgehead atoms. The van der Waals surface area contributed by atoms with Crippen LogP contribution >= 0.6 is 0 Å². The minimum atomic E-state index is -3.66. The molecule has 0 spiro atoms. The highest BCUT2D eigenvalue weighted by Gasteiger charge is 2.28. The highest BCUT2D eigenvalue weighted by Crippen LogP contribution is 2.18. The van der Waals surface area contributed by atoms with Gasteiger partial charge < -0.3 is 11.1 Å². The van der Waals surface area contributed by atoms with E-state index in [1.165, 1.54) is 26.1 Å². The normalized spacial score (nSPS) is 13.1. The summed E-state index contributed by atoms with van der Waals surface area (Å²) in [4.78, 5) is 11.4. The van der Waals surface area contributed by atoms with Gasteiger partial charge in [-0.2, -0.15) is 0 Å². The number of nitrogen functional groups attached to an aromatic ring is 1. The van der Waals surface area contributed by atoms with E-state index in [-0.39, 0.29) is 4.90 Å². The zero-order valence-electron chi connectivity index (χ0n) is 9.10. The van der Waals surface area contributed by atoms with E-state index in [1.54, 1.807) is 12.1 Å². The van der Waals surface area contributed by atoms with Gasteiger partial charge in [0.2, 0.25) is 5.91 Å². The highest BCUT2D eigenvalue weighted by molar-refractivity contribution is 7.92. The van der Waals surface area contributed by atoms with E-state index in [9.17, 15) is 13.2 Å². The van der Waals surface area contributed by atoms with Crippen molar-refractivity contribution in [3.8, 4) is 0 Å². The summed E-state index contributed by atoms with van der Waals surface area (Å²) < 4.78 is 23.9. The summed E-state index contributed by atoms with van der Waals surface area (Å²) in [6, 6.07) is 5.89. The summed E-state index contributed by atoms with van der Waals surface area (Å²) in [5.74, 6) is -0.539. The average molecular weight is 242 g/mol. The number of carbonyl (C=O) groups excluding carboxylic acids is 1. The van der Waals surface area contributed by atoms with Crippen molar-refractivity contribution in [2.75, 3.05) is 12.8 Å². The fraction of sp³-hybridized carbons (Fsp3) is 0.300. The number of rotatable bonds is 3. The van der Waals surface area contributed by atoms with Gasteiger partial charge in [-0.15, -0.1) is 0 Å². The lowest BCUT2D eigenvalue weighted by Crippen LogP contribution is -2.35. The second-order valence-electron chi connectivity index (χ2n) is 3.37. The molecule has 0 radical (unpaired) electrons. The monoisotopic (exact) mass is 242 g/mol. The number of hydrogen-bond acceptors (Lipinski definition) is 4. The number of hydrogen-bond donors (Lipinski definition) is 2. The van der Waals surface area contributed by atoms with Crippen molar-refractivity contribution in [1.82, 2.24) is 5.32 Å². The molecular formula is C10H14N2O3S. The van der Waals surface area contributed by atoms with Crippen LogP contribution in [0.3, 0.4) is 0 Å². The smallest absolute Gasteiger partial charge is 0.238 e. The molecule has 3 N–H and O–H groups in total. The Morgan fingerprint density at radius 2 is 2.06 bits per heavy atom. The van der Waals surface area contributed by atoms with Gasteiger partial charge in [-0.1, -0.05) is 6.07 Å². The van der Waals surface area contributed by atoms with Crippen LogP contribution in [-0.4, -0.2) is 26.6 Å². The zero-order valence-corrected chi connectivity index (χ0v) is 9.91. The lowest BCUT2D eigenvalue weighted by Gasteiger charge is -2.11. The molecule has 88 valence electrons. The molecule has 0 fully saturated rings. The van der Waals surface area contributed by atoms with E-state index in [0.717, 1.165) is 0 Å². The SMILES string of the molecule is CNC(=O)C(C)S(=O)(=O)c1cccc(N)c1. The Morgan fingerprint density at radius 3 is 2.56 bits per heavy atom. The molecule has 0 saturated heterocycles. The minimum Gasteiger partial charge on any atom is -0.399 e. The molecule has 5 nitrogen and oxygen atoms in total. The van der Waals surface area contributed by atoms with Gasteiger partial charge in [0.05, 0.1) is 4.90 Å². The lowest BCUT2D eigenvalue weighted by molar-refractivity contribution is -0.119. The third kappa shape index (κ3) is 2.33. The van der Waals surface area contributed by atoms with Crippen molar-refractivity contribution >= 4 is 21.4 Å². The maximum Gasteiger partial charge on any atom is 0.238 e. The van der Waals surface area contributed by atoms with Crippen LogP contribution in [-0.2, 0) is 14.6 Å². The molecule has 1 amide bonds. The van der Waals surface area contributed by atoms with E-state index in [4.69, 9.17) is 5.73 Å². The third-order valence-electron chi connectivity index (χ3n) is 2.27. The van der Waals surface area contributed by atoms with Crippen molar-refractivity contribution in [1.29, 1.82) is 0 Å². The van der Waals surface area contributed by atoms with Crippen LogP contribution in [0.5, 0.6) is 0 Å². The number of nitrogens with one attached hydrogen (secondary N) is 1. The number of nitrogens with two attached hydrogens (primary N) is 1. The molecule has 1 atom stereocenters. The molecule has 0 aliphatic carbocycles. The molecule has 6 heteroatoms. The summed E-state index contributed by atoms with van der Waals surface area (Å²) >= 11 is 0. The van der Waals surface area contributed by atoms with Crippen molar-refractivity contribution < 1.29 is 13.2 Å². The summed E-state index contributed by atoms with van der Waals surface area (Å²) in [6.07, 6.45) is 0. The van der Waals surface area contributed by atoms with Gasteiger partial charge in [-0.05, 0) is 25.1 Å². The number of benzene rings is 1. The average Bonchev–Trinajstić information content (AvgIpc) is 2.27. The van der Waals surface area contributed by atoms with Gasteiger partial charge in [0.15, 0.2) is 9.84 Å². The fourth-order valence-electron chi connectivity index (χ4n) is 1.24. The third-order valence-corrected chi connectivity index (χ3v) is 4.32. The van der Waals surface area contributed by atoms with E-state index in [1.807, 2.05) is 0 Å². The van der Waals surface area contributed by atoms with Crippen LogP contribution in [0, 0.1) is 0 Å². The first-order valence-corrected chi connectivity index (χ1v) is 6.25. The lowest BCUT2D eigenvalue weighted by atomic mass is 10.3. The highest BCUT2D eigenvalue weighted by atomic mass is 32.2. The van der Waals surface area contributed by atoms with E-state index >= 15 is 0 Å². The van der Waals surface area contributed by atoms with Crippen molar-refractivity contribution in [2.24, 2.45) is 0 Å². The van der Waals surface area contributed by atoms with Gasteiger partial charge in [-0.25, -0.2) is 8.42 Å². The van der Waals surface area contributed by atoms with E-state index < -0.39 is 21.0 Å². The topological polar surface area (TPSA) is 89.3 Å². The predicted molar refractivity (Wildman–Crippen MR) is 61.6 cm³/mol. The first-order valence-electron chi connectivity index (χ1n) is 4.70. The molecule has 0 aromatic heterocycles. The summed E-state index contributed by atoms with van der Waals surface area (Å²) in [6.45, 7) is 1.34. The first-order chi connectivity index (χ1) is 7.39. The Labute approximate surface area is 94.6 Å². The summed E-state index contributed by atoms with van der Waals surface area (Å²) in [5, 5.41) is 1.18. The van der Waals surface area contributed by atoms with E-state index in [2.05, 4.69) is 5.32 Å². The molecule has 0 aliphatic heterocycles. The Bertz CT molecular complexity index is 497. The number of carbonyl (C=O) groups is 1. The predicted octanol–water partition coefficient (Wildman–Crippen LogP) is 0.177. The second kappa shape index (κ2) is 4.52. The van der Waals surface area contributed by atoms with Gasteiger partial charge in [-0.3, -0.25) is 4.79 Å². The Morgan fingerprint density at radius 1 is 1.44 bits per heavy atom. The van der Waals surface area contributed by atoms with Gasteiger partial charge >= 0.3 is 0 Å². The number of anilines is 1. The van der Waals surface area contributed by atoms with Crippen LogP contribution < -0.4 is 11.1 Å². The van der Waals surface area contributed by atoms with Crippen molar-refractivity contribution in [2.45, 2.75) is 17.1 Å². The number of sulfone groups is 1. The maximum atomic E-state index is 12.0. The van der Waals surface area contributed by atoms with Crippen LogP contribution in [0.4, 0.5) is 5.69 Å². The molecule has 1 unspecified atom stereocenters. The fourth-order valence-corrected chi connectivity index (χ4v) is 2.62. The largest absolute Gasteiger partial charge is 0.399 e. The van der Waals surface area contributed by atoms with Crippen molar-refractivity contribution in [3.63, 3.8) is 0 Å². The Hall–Kier alpha value is -1.56. The number of amides is 1. The maximum absolute atomic E-state index is 12.0. The molecular weight excluding hydrogens is 228 g/mol. The molecule has 0 aliphatic rings. The van der Waals surface area contributed by atoms with Gasteiger partial charge in [0.25, 0.3) is 0 Å². The first kappa shape index (κ1) is 12.5. The second-order valence-corrected chi connectivity index (χ2v) is 5.64. The molecule has 1 rings (SSSR count). The molecule has 16 heavy (non-hydrogen) atoms. The Balaban J connectivity index is 3.17. The van der Waals surface area contributed by atoms with Crippen LogP contribution in [0.25, 0.3) is 0 Å². The Kier molecular flexibility index (Phi) is 3.54. The zero-order chi connectivity index (χ0) is 12.3. The van der Waals surface area contributed by atoms with Gasteiger partial charge in [0, 0.05) is 12.7 Å². The van der Waals surface area contributed by atoms with Crippen LogP contribution in [0.15, 0.2) is 29.2 Å².